The fourth-order valence-corrected chi connectivity index (χ4v) is 3.74. The highest BCUT2D eigenvalue weighted by Crippen LogP contribution is 2.35. The lowest BCUT2D eigenvalue weighted by Crippen LogP contribution is -2.48. The Morgan fingerprint density at radius 2 is 1.85 bits per heavy atom. The average molecular weight is 370 g/mol. The topological polar surface area (TPSA) is 61.8 Å². The molecule has 4 rings (SSSR count). The van der Waals surface area contributed by atoms with Gasteiger partial charge in [0, 0.05) is 30.8 Å². The molecule has 5 nitrogen and oxygen atoms in total. The Morgan fingerprint density at radius 1 is 1.11 bits per heavy atom. The van der Waals surface area contributed by atoms with Crippen molar-refractivity contribution in [2.24, 2.45) is 0 Å². The molecule has 2 aliphatic heterocycles. The van der Waals surface area contributed by atoms with Crippen molar-refractivity contribution in [2.75, 3.05) is 29.9 Å². The van der Waals surface area contributed by atoms with Crippen LogP contribution in [0, 0.1) is 5.82 Å². The molecule has 2 aromatic carbocycles. The first-order valence-electron chi connectivity index (χ1n) is 9.30. The zero-order valence-corrected chi connectivity index (χ0v) is 15.1. The van der Waals surface area contributed by atoms with E-state index in [1.807, 2.05) is 18.2 Å². The predicted octanol–water partition coefficient (Wildman–Crippen LogP) is 3.12. The number of amides is 1. The molecule has 0 spiro atoms. The van der Waals surface area contributed by atoms with E-state index < -0.39 is 11.4 Å². The van der Waals surface area contributed by atoms with Crippen molar-refractivity contribution in [3.63, 3.8) is 0 Å². The van der Waals surface area contributed by atoms with Gasteiger partial charge in [-0.05, 0) is 43.5 Å². The van der Waals surface area contributed by atoms with Crippen LogP contribution in [0.5, 0.6) is 5.75 Å². The second kappa shape index (κ2) is 7.19. The van der Waals surface area contributed by atoms with E-state index in [0.29, 0.717) is 37.0 Å². The number of hydrogen-bond donors (Lipinski definition) is 2. The van der Waals surface area contributed by atoms with E-state index in [9.17, 15) is 14.3 Å². The molecule has 0 saturated carbocycles. The SMILES string of the molecule is O=C1CCc2c(OCC3(O)CCN(c4ccccc4)CC3)ccc(F)c2N1. The van der Waals surface area contributed by atoms with E-state index in [0.717, 1.165) is 18.8 Å². The number of aliphatic hydroxyl groups is 1. The minimum absolute atomic E-state index is 0.154. The standard InChI is InChI=1S/C21H23FN2O3/c22-17-7-8-18(16-6-9-19(25)23-20(16)17)27-14-21(26)10-12-24(13-11-21)15-4-2-1-3-5-15/h1-5,7-8,26H,6,9-14H2,(H,23,25). The first kappa shape index (κ1) is 17.8. The molecule has 0 unspecified atom stereocenters. The van der Waals surface area contributed by atoms with Crippen LogP contribution in [-0.2, 0) is 11.2 Å². The van der Waals surface area contributed by atoms with Gasteiger partial charge in [0.05, 0.1) is 5.69 Å². The van der Waals surface area contributed by atoms with Crippen LogP contribution in [0.1, 0.15) is 24.8 Å². The number of fused-ring (bicyclic) bond motifs is 1. The lowest BCUT2D eigenvalue weighted by molar-refractivity contribution is -0.116. The maximum atomic E-state index is 14.0. The van der Waals surface area contributed by atoms with E-state index >= 15 is 0 Å². The summed E-state index contributed by atoms with van der Waals surface area (Å²) < 4.78 is 19.9. The number of nitrogens with one attached hydrogen (secondary N) is 1. The number of para-hydroxylation sites is 1. The van der Waals surface area contributed by atoms with Crippen LogP contribution in [0.25, 0.3) is 0 Å². The molecule has 142 valence electrons. The van der Waals surface area contributed by atoms with E-state index in [4.69, 9.17) is 4.74 Å². The van der Waals surface area contributed by atoms with Gasteiger partial charge >= 0.3 is 0 Å². The third-order valence-electron chi connectivity index (χ3n) is 5.40. The molecule has 27 heavy (non-hydrogen) atoms. The van der Waals surface area contributed by atoms with Crippen LogP contribution >= 0.6 is 0 Å². The molecule has 2 aromatic rings. The van der Waals surface area contributed by atoms with Gasteiger partial charge in [0.1, 0.15) is 23.8 Å². The van der Waals surface area contributed by atoms with Crippen molar-refractivity contribution in [2.45, 2.75) is 31.3 Å². The normalized spacial score (nSPS) is 18.6. The van der Waals surface area contributed by atoms with Gasteiger partial charge in [-0.3, -0.25) is 4.79 Å². The fraction of sp³-hybridized carbons (Fsp3) is 0.381. The van der Waals surface area contributed by atoms with Gasteiger partial charge in [0.25, 0.3) is 0 Å². The maximum absolute atomic E-state index is 14.0. The van der Waals surface area contributed by atoms with Crippen LogP contribution < -0.4 is 15.0 Å². The fourth-order valence-electron chi connectivity index (χ4n) is 3.74. The van der Waals surface area contributed by atoms with Gasteiger partial charge in [-0.25, -0.2) is 4.39 Å². The van der Waals surface area contributed by atoms with Gasteiger partial charge in [0.2, 0.25) is 5.91 Å². The summed E-state index contributed by atoms with van der Waals surface area (Å²) in [4.78, 5) is 13.8. The highest BCUT2D eigenvalue weighted by atomic mass is 19.1. The molecule has 2 aliphatic rings. The first-order valence-corrected chi connectivity index (χ1v) is 9.30. The highest BCUT2D eigenvalue weighted by molar-refractivity contribution is 5.94. The number of nitrogens with zero attached hydrogens (tertiary/aromatic N) is 1. The molecule has 2 heterocycles. The average Bonchev–Trinajstić information content (AvgIpc) is 2.69. The summed E-state index contributed by atoms with van der Waals surface area (Å²) in [6.07, 6.45) is 1.95. The summed E-state index contributed by atoms with van der Waals surface area (Å²) in [5.41, 5.74) is 1.11. The number of anilines is 2. The molecule has 0 radical (unpaired) electrons. The van der Waals surface area contributed by atoms with Crippen molar-refractivity contribution in [1.29, 1.82) is 0 Å². The number of benzene rings is 2. The number of piperidine rings is 1. The van der Waals surface area contributed by atoms with Gasteiger partial charge < -0.3 is 20.1 Å². The van der Waals surface area contributed by atoms with Crippen LogP contribution in [0.2, 0.25) is 0 Å². The van der Waals surface area contributed by atoms with Gasteiger partial charge in [-0.2, -0.15) is 0 Å². The minimum Gasteiger partial charge on any atom is -0.490 e. The van der Waals surface area contributed by atoms with E-state index in [1.165, 1.54) is 6.07 Å². The number of hydrogen-bond acceptors (Lipinski definition) is 4. The largest absolute Gasteiger partial charge is 0.490 e. The van der Waals surface area contributed by atoms with Crippen LogP contribution in [0.3, 0.4) is 0 Å². The Bertz CT molecular complexity index is 833. The molecular formula is C21H23FN2O3. The molecule has 1 saturated heterocycles. The van der Waals surface area contributed by atoms with Gasteiger partial charge in [-0.1, -0.05) is 18.2 Å². The highest BCUT2D eigenvalue weighted by Gasteiger charge is 2.34. The molecule has 0 aromatic heterocycles. The molecule has 2 N–H and O–H groups in total. The van der Waals surface area contributed by atoms with Crippen molar-refractivity contribution < 1.29 is 19.0 Å². The maximum Gasteiger partial charge on any atom is 0.224 e. The van der Waals surface area contributed by atoms with Crippen molar-refractivity contribution >= 4 is 17.3 Å². The molecule has 0 aliphatic carbocycles. The van der Waals surface area contributed by atoms with Crippen molar-refractivity contribution in [3.05, 3.63) is 53.8 Å². The Hall–Kier alpha value is -2.60. The monoisotopic (exact) mass is 370 g/mol. The molecule has 6 heteroatoms. The summed E-state index contributed by atoms with van der Waals surface area (Å²) >= 11 is 0. The van der Waals surface area contributed by atoms with E-state index in [2.05, 4.69) is 22.3 Å². The summed E-state index contributed by atoms with van der Waals surface area (Å²) in [5.74, 6) is -0.115. The molecule has 0 bridgehead atoms. The third-order valence-corrected chi connectivity index (χ3v) is 5.40. The molecule has 1 fully saturated rings. The molecular weight excluding hydrogens is 347 g/mol. The summed E-state index contributed by atoms with van der Waals surface area (Å²) in [5, 5.41) is 13.5. The predicted molar refractivity (Wildman–Crippen MR) is 102 cm³/mol. The minimum atomic E-state index is -0.912. The smallest absolute Gasteiger partial charge is 0.224 e. The lowest BCUT2D eigenvalue weighted by atomic mass is 9.92. The third kappa shape index (κ3) is 3.76. The van der Waals surface area contributed by atoms with E-state index in [-0.39, 0.29) is 18.2 Å². The van der Waals surface area contributed by atoms with Crippen LogP contribution in [0.15, 0.2) is 42.5 Å². The zero-order valence-electron chi connectivity index (χ0n) is 15.1. The lowest BCUT2D eigenvalue weighted by Gasteiger charge is -2.39. The number of halogens is 1. The molecule has 1 amide bonds. The van der Waals surface area contributed by atoms with Crippen LogP contribution in [-0.4, -0.2) is 36.3 Å². The number of ether oxygens (including phenoxy) is 1. The Labute approximate surface area is 157 Å². The second-order valence-corrected chi connectivity index (χ2v) is 7.28. The summed E-state index contributed by atoms with van der Waals surface area (Å²) in [7, 11) is 0. The Kier molecular flexibility index (Phi) is 4.74. The number of carbonyl (C=O) groups is 1. The zero-order chi connectivity index (χ0) is 18.9. The summed E-state index contributed by atoms with van der Waals surface area (Å²) in [6.45, 7) is 1.66. The van der Waals surface area contributed by atoms with Crippen molar-refractivity contribution in [1.82, 2.24) is 0 Å². The second-order valence-electron chi connectivity index (χ2n) is 7.28. The summed E-state index contributed by atoms with van der Waals surface area (Å²) in [6, 6.07) is 13.0. The number of carbonyl (C=O) groups excluding carboxylic acids is 1. The quantitative estimate of drug-likeness (QED) is 0.868. The molecule has 0 atom stereocenters. The van der Waals surface area contributed by atoms with Crippen molar-refractivity contribution in [3.8, 4) is 5.75 Å². The Balaban J connectivity index is 1.41. The Morgan fingerprint density at radius 3 is 2.59 bits per heavy atom. The first-order chi connectivity index (χ1) is 13.0. The van der Waals surface area contributed by atoms with Crippen LogP contribution in [0.4, 0.5) is 15.8 Å². The van der Waals surface area contributed by atoms with E-state index in [1.54, 1.807) is 6.07 Å². The van der Waals surface area contributed by atoms with Gasteiger partial charge in [0.15, 0.2) is 0 Å². The van der Waals surface area contributed by atoms with Gasteiger partial charge in [-0.15, -0.1) is 0 Å². The number of rotatable bonds is 4.